The molecule has 38 heavy (non-hydrogen) atoms. The number of ether oxygens (including phenoxy) is 2. The number of benzene rings is 3. The maximum Gasteiger partial charge on any atom is 0.340 e. The third kappa shape index (κ3) is 3.61. The molecule has 9 heteroatoms. The van der Waals surface area contributed by atoms with Gasteiger partial charge in [-0.05, 0) is 42.5 Å². The second-order valence-electron chi connectivity index (χ2n) is 10.3. The van der Waals surface area contributed by atoms with Gasteiger partial charge >= 0.3 is 5.97 Å². The number of carbonyl (C=O) groups is 2. The molecule has 3 aromatic carbocycles. The predicted octanol–water partition coefficient (Wildman–Crippen LogP) is 3.53. The van der Waals surface area contributed by atoms with Crippen LogP contribution in [-0.4, -0.2) is 81.4 Å². The Morgan fingerprint density at radius 2 is 1.39 bits per heavy atom. The Balaban J connectivity index is 1.55. The third-order valence-electron chi connectivity index (χ3n) is 7.60. The Labute approximate surface area is 221 Å². The molecule has 3 aliphatic rings. The van der Waals surface area contributed by atoms with Crippen molar-refractivity contribution in [2.45, 2.75) is 5.60 Å². The highest BCUT2D eigenvalue weighted by atomic mass is 16.6. The summed E-state index contributed by atoms with van der Waals surface area (Å²) in [7, 11) is 7.82. The van der Waals surface area contributed by atoms with Gasteiger partial charge in [-0.1, -0.05) is 0 Å². The molecule has 0 bridgehead atoms. The Kier molecular flexibility index (Phi) is 5.59. The van der Waals surface area contributed by atoms with Crippen LogP contribution in [0.5, 0.6) is 11.5 Å². The molecular weight excluding hydrogens is 484 g/mol. The average molecular weight is 515 g/mol. The zero-order valence-electron chi connectivity index (χ0n) is 21.9. The molecule has 3 heterocycles. The summed E-state index contributed by atoms with van der Waals surface area (Å²) < 4.78 is 12.7. The Morgan fingerprint density at radius 1 is 0.816 bits per heavy atom. The minimum Gasteiger partial charge on any atom is -0.456 e. The molecule has 1 amide bonds. The van der Waals surface area contributed by atoms with Crippen molar-refractivity contribution in [3.63, 3.8) is 0 Å². The van der Waals surface area contributed by atoms with Crippen molar-refractivity contribution in [2.24, 2.45) is 0 Å². The largest absolute Gasteiger partial charge is 0.456 e. The van der Waals surface area contributed by atoms with Crippen LogP contribution in [0.25, 0.3) is 0 Å². The number of piperazine rings is 1. The fraction of sp³-hybridized carbons (Fsp3) is 0.310. The maximum absolute atomic E-state index is 13.5. The number of fused-ring (bicyclic) bond motifs is 6. The predicted molar refractivity (Wildman–Crippen MR) is 143 cm³/mol. The highest BCUT2D eigenvalue weighted by molar-refractivity contribution is 6.00. The minimum absolute atomic E-state index is 0.145. The van der Waals surface area contributed by atoms with Crippen molar-refractivity contribution < 1.29 is 24.3 Å². The zero-order valence-corrected chi connectivity index (χ0v) is 21.9. The molecule has 0 radical (unpaired) electrons. The molecule has 196 valence electrons. The molecule has 0 saturated carbocycles. The lowest BCUT2D eigenvalue weighted by atomic mass is 9.77. The van der Waals surface area contributed by atoms with Gasteiger partial charge in [0.1, 0.15) is 11.5 Å². The number of rotatable bonds is 3. The first kappa shape index (κ1) is 24.3. The van der Waals surface area contributed by atoms with Crippen molar-refractivity contribution >= 4 is 23.3 Å². The first-order valence-electron chi connectivity index (χ1n) is 12.6. The van der Waals surface area contributed by atoms with E-state index >= 15 is 0 Å². The van der Waals surface area contributed by atoms with Gasteiger partial charge in [-0.25, -0.2) is 4.79 Å². The van der Waals surface area contributed by atoms with Gasteiger partial charge in [0.2, 0.25) is 0 Å². The molecule has 3 aromatic rings. The second kappa shape index (κ2) is 8.75. The number of amides is 1. The molecule has 1 spiro atoms. The Bertz CT molecular complexity index is 1400. The lowest BCUT2D eigenvalue weighted by Crippen LogP contribution is -2.47. The second-order valence-corrected chi connectivity index (χ2v) is 10.3. The average Bonchev–Trinajstić information content (AvgIpc) is 3.20. The first-order valence-corrected chi connectivity index (χ1v) is 12.6. The summed E-state index contributed by atoms with van der Waals surface area (Å²) in [4.78, 5) is 32.5. The van der Waals surface area contributed by atoms with Crippen LogP contribution in [0.1, 0.15) is 37.4 Å². The first-order chi connectivity index (χ1) is 18.2. The lowest BCUT2D eigenvalue weighted by Gasteiger charge is -2.37. The number of anilines is 2. The van der Waals surface area contributed by atoms with E-state index in [9.17, 15) is 14.8 Å². The lowest BCUT2D eigenvalue weighted by molar-refractivity contribution is -0.112. The molecular formula is C29H30N4O5. The van der Waals surface area contributed by atoms with Gasteiger partial charge in [0.15, 0.2) is 5.60 Å². The van der Waals surface area contributed by atoms with Gasteiger partial charge in [0.25, 0.3) is 5.91 Å². The van der Waals surface area contributed by atoms with E-state index in [1.54, 1.807) is 23.1 Å². The molecule has 1 N–H and O–H groups in total. The third-order valence-corrected chi connectivity index (χ3v) is 7.60. The van der Waals surface area contributed by atoms with Crippen LogP contribution < -0.4 is 14.5 Å². The van der Waals surface area contributed by atoms with E-state index in [2.05, 4.69) is 0 Å². The maximum atomic E-state index is 13.5. The normalized spacial score (nSPS) is 17.3. The van der Waals surface area contributed by atoms with E-state index in [1.807, 2.05) is 74.4 Å². The Hall–Kier alpha value is -4.08. The molecule has 0 aromatic heterocycles. The van der Waals surface area contributed by atoms with Crippen LogP contribution in [0.2, 0.25) is 0 Å². The van der Waals surface area contributed by atoms with Crippen molar-refractivity contribution in [1.82, 2.24) is 9.96 Å². The molecule has 1 saturated heterocycles. The van der Waals surface area contributed by atoms with E-state index in [0.29, 0.717) is 65.5 Å². The quantitative estimate of drug-likeness (QED) is 0.532. The highest BCUT2D eigenvalue weighted by Gasteiger charge is 2.54. The van der Waals surface area contributed by atoms with Crippen LogP contribution in [-0.2, 0) is 10.3 Å². The van der Waals surface area contributed by atoms with E-state index < -0.39 is 11.6 Å². The number of esters is 1. The van der Waals surface area contributed by atoms with Crippen molar-refractivity contribution in [3.05, 3.63) is 82.4 Å². The summed E-state index contributed by atoms with van der Waals surface area (Å²) in [5.74, 6) is 0.598. The van der Waals surface area contributed by atoms with Gasteiger partial charge in [0, 0.05) is 100 Å². The summed E-state index contributed by atoms with van der Waals surface area (Å²) in [5.41, 5.74) is 3.56. The summed E-state index contributed by atoms with van der Waals surface area (Å²) in [6, 6.07) is 16.8. The summed E-state index contributed by atoms with van der Waals surface area (Å²) in [5, 5.41) is 10.9. The van der Waals surface area contributed by atoms with Crippen LogP contribution in [0, 0.1) is 0 Å². The van der Waals surface area contributed by atoms with Crippen molar-refractivity contribution in [3.8, 4) is 11.5 Å². The van der Waals surface area contributed by atoms with E-state index in [-0.39, 0.29) is 5.91 Å². The standard InChI is InChI=1S/C29H30N4O5/c1-30(2)19-6-9-22-25(16-19)37-26-17-20(31(3)4)7-10-23(26)29(22)24-15-18(5-8-21(24)28(35)38-29)27(34)32-11-13-33(36)14-12-32/h5-10,15-17,36H,11-14H2,1-4H3. The topological polar surface area (TPSA) is 85.8 Å². The van der Waals surface area contributed by atoms with Crippen LogP contribution in [0.15, 0.2) is 54.6 Å². The Morgan fingerprint density at radius 3 is 1.95 bits per heavy atom. The fourth-order valence-electron chi connectivity index (χ4n) is 5.47. The van der Waals surface area contributed by atoms with Crippen molar-refractivity contribution in [1.29, 1.82) is 0 Å². The minimum atomic E-state index is -1.26. The molecule has 3 aliphatic heterocycles. The summed E-state index contributed by atoms with van der Waals surface area (Å²) >= 11 is 0. The van der Waals surface area contributed by atoms with E-state index in [1.165, 1.54) is 5.06 Å². The smallest absolute Gasteiger partial charge is 0.340 e. The number of hydrogen-bond donors (Lipinski definition) is 1. The van der Waals surface area contributed by atoms with E-state index in [4.69, 9.17) is 9.47 Å². The van der Waals surface area contributed by atoms with Gasteiger partial charge in [0.05, 0.1) is 5.56 Å². The number of nitrogens with zero attached hydrogens (tertiary/aromatic N) is 4. The molecule has 0 aliphatic carbocycles. The van der Waals surface area contributed by atoms with Crippen LogP contribution in [0.3, 0.4) is 0 Å². The fourth-order valence-corrected chi connectivity index (χ4v) is 5.47. The van der Waals surface area contributed by atoms with Gasteiger partial charge in [-0.3, -0.25) is 4.79 Å². The number of hydroxylamine groups is 2. The zero-order chi connectivity index (χ0) is 26.8. The van der Waals surface area contributed by atoms with Crippen LogP contribution >= 0.6 is 0 Å². The van der Waals surface area contributed by atoms with Gasteiger partial charge in [-0.2, -0.15) is 5.06 Å². The van der Waals surface area contributed by atoms with Crippen molar-refractivity contribution in [2.75, 3.05) is 64.2 Å². The summed E-state index contributed by atoms with van der Waals surface area (Å²) in [6.07, 6.45) is 0. The molecule has 6 rings (SSSR count). The highest BCUT2D eigenvalue weighted by Crippen LogP contribution is 2.57. The molecule has 1 fully saturated rings. The molecule has 0 unspecified atom stereocenters. The molecule has 9 nitrogen and oxygen atoms in total. The van der Waals surface area contributed by atoms with Crippen LogP contribution in [0.4, 0.5) is 11.4 Å². The van der Waals surface area contributed by atoms with Gasteiger partial charge in [-0.15, -0.1) is 0 Å². The number of hydrogen-bond acceptors (Lipinski definition) is 8. The van der Waals surface area contributed by atoms with Gasteiger partial charge < -0.3 is 29.4 Å². The number of carbonyl (C=O) groups excluding carboxylic acids is 2. The SMILES string of the molecule is CN(C)c1ccc2c(c1)Oc1cc(N(C)C)ccc1C21OC(=O)c2ccc(C(=O)N3CCN(O)CC3)cc21. The van der Waals surface area contributed by atoms with E-state index in [0.717, 1.165) is 11.4 Å². The molecule has 0 atom stereocenters. The summed E-state index contributed by atoms with van der Waals surface area (Å²) in [6.45, 7) is 1.63. The monoisotopic (exact) mass is 514 g/mol.